The van der Waals surface area contributed by atoms with Gasteiger partial charge >= 0.3 is 0 Å². The van der Waals surface area contributed by atoms with Crippen LogP contribution in [0.3, 0.4) is 0 Å². The summed E-state index contributed by atoms with van der Waals surface area (Å²) in [5.74, 6) is 0.912. The number of nitrogens with zero attached hydrogens (tertiary/aromatic N) is 1. The third kappa shape index (κ3) is 4.03. The number of nitrogens with one attached hydrogen (secondary N) is 2. The molecule has 3 nitrogen and oxygen atoms in total. The lowest BCUT2D eigenvalue weighted by molar-refractivity contribution is 0.658. The van der Waals surface area contributed by atoms with Crippen LogP contribution >= 0.6 is 31.9 Å². The molecule has 0 radical (unpaired) electrons. The van der Waals surface area contributed by atoms with E-state index in [0.717, 1.165) is 40.3 Å². The quantitative estimate of drug-likeness (QED) is 0.775. The standard InChI is InChI=1S/C11H15Br2N3/c12-8-6-10(13)11(16-7-8)15-5-1-4-14-9-2-3-9/h6-7,9,14H,1-5H2,(H,15,16). The van der Waals surface area contributed by atoms with E-state index in [1.807, 2.05) is 6.07 Å². The molecule has 0 amide bonds. The van der Waals surface area contributed by atoms with Gasteiger partial charge in [-0.15, -0.1) is 0 Å². The Bertz CT molecular complexity index is 353. The summed E-state index contributed by atoms with van der Waals surface area (Å²) < 4.78 is 1.98. The highest BCUT2D eigenvalue weighted by atomic mass is 79.9. The second-order valence-electron chi connectivity index (χ2n) is 3.99. The molecule has 1 fully saturated rings. The van der Waals surface area contributed by atoms with Crippen LogP contribution in [0.15, 0.2) is 21.2 Å². The fraction of sp³-hybridized carbons (Fsp3) is 0.545. The lowest BCUT2D eigenvalue weighted by Crippen LogP contribution is -2.20. The Morgan fingerprint density at radius 1 is 1.31 bits per heavy atom. The fourth-order valence-electron chi connectivity index (χ4n) is 1.43. The Morgan fingerprint density at radius 3 is 2.81 bits per heavy atom. The molecule has 5 heteroatoms. The summed E-state index contributed by atoms with van der Waals surface area (Å²) >= 11 is 6.86. The SMILES string of the molecule is Brc1cnc(NCCCNC2CC2)c(Br)c1. The van der Waals surface area contributed by atoms with Gasteiger partial charge in [0, 0.05) is 23.3 Å². The zero-order valence-electron chi connectivity index (χ0n) is 8.97. The zero-order valence-corrected chi connectivity index (χ0v) is 12.1. The lowest BCUT2D eigenvalue weighted by atomic mass is 10.4. The monoisotopic (exact) mass is 347 g/mol. The third-order valence-corrected chi connectivity index (χ3v) is 3.50. The molecule has 0 bridgehead atoms. The van der Waals surface area contributed by atoms with E-state index in [1.54, 1.807) is 6.20 Å². The van der Waals surface area contributed by atoms with E-state index in [-0.39, 0.29) is 0 Å². The number of rotatable bonds is 6. The van der Waals surface area contributed by atoms with Crippen LogP contribution in [0.1, 0.15) is 19.3 Å². The molecule has 1 heterocycles. The van der Waals surface area contributed by atoms with Gasteiger partial charge in [0.15, 0.2) is 0 Å². The third-order valence-electron chi connectivity index (χ3n) is 2.46. The molecule has 1 saturated carbocycles. The second-order valence-corrected chi connectivity index (χ2v) is 5.76. The summed E-state index contributed by atoms with van der Waals surface area (Å²) in [6, 6.07) is 2.80. The van der Waals surface area contributed by atoms with E-state index in [9.17, 15) is 0 Å². The van der Waals surface area contributed by atoms with Gasteiger partial charge in [-0.25, -0.2) is 4.98 Å². The molecule has 2 rings (SSSR count). The first-order valence-corrected chi connectivity index (χ1v) is 7.12. The maximum absolute atomic E-state index is 4.30. The Labute approximate surface area is 113 Å². The number of hydrogen-bond donors (Lipinski definition) is 2. The number of anilines is 1. The van der Waals surface area contributed by atoms with Crippen molar-refractivity contribution in [3.05, 3.63) is 21.2 Å². The second kappa shape index (κ2) is 5.98. The minimum atomic E-state index is 0.803. The number of pyridine rings is 1. The molecule has 1 aliphatic carbocycles. The minimum Gasteiger partial charge on any atom is -0.369 e. The summed E-state index contributed by atoms with van der Waals surface area (Å²) in [5, 5.41) is 6.80. The zero-order chi connectivity index (χ0) is 11.4. The number of hydrogen-bond acceptors (Lipinski definition) is 3. The Hall–Kier alpha value is -0.130. The highest BCUT2D eigenvalue weighted by Gasteiger charge is 2.19. The highest BCUT2D eigenvalue weighted by molar-refractivity contribution is 9.11. The maximum Gasteiger partial charge on any atom is 0.140 e. The van der Waals surface area contributed by atoms with Gasteiger partial charge in [-0.2, -0.15) is 0 Å². The summed E-state index contributed by atoms with van der Waals surface area (Å²) in [6.07, 6.45) is 5.64. The molecule has 0 saturated heterocycles. The van der Waals surface area contributed by atoms with Crippen LogP contribution < -0.4 is 10.6 Å². The first kappa shape index (κ1) is 12.3. The average Bonchev–Trinajstić information content (AvgIpc) is 3.04. The predicted molar refractivity (Wildman–Crippen MR) is 73.8 cm³/mol. The van der Waals surface area contributed by atoms with Gasteiger partial charge in [0.05, 0.1) is 4.47 Å². The Balaban J connectivity index is 1.67. The van der Waals surface area contributed by atoms with Crippen molar-refractivity contribution >= 4 is 37.7 Å². The molecule has 0 aromatic carbocycles. The lowest BCUT2D eigenvalue weighted by Gasteiger charge is -2.08. The fourth-order valence-corrected chi connectivity index (χ4v) is 2.56. The van der Waals surface area contributed by atoms with Gasteiger partial charge in [-0.05, 0) is 63.7 Å². The molecule has 1 aromatic heterocycles. The van der Waals surface area contributed by atoms with Gasteiger partial charge < -0.3 is 10.6 Å². The number of aromatic nitrogens is 1. The van der Waals surface area contributed by atoms with Gasteiger partial charge in [0.25, 0.3) is 0 Å². The van der Waals surface area contributed by atoms with Crippen LogP contribution in [0.2, 0.25) is 0 Å². The molecule has 0 unspecified atom stereocenters. The minimum absolute atomic E-state index is 0.803. The molecule has 0 spiro atoms. The van der Waals surface area contributed by atoms with E-state index in [1.165, 1.54) is 12.8 Å². The van der Waals surface area contributed by atoms with Gasteiger partial charge in [-0.1, -0.05) is 0 Å². The van der Waals surface area contributed by atoms with E-state index in [0.29, 0.717) is 0 Å². The molecule has 16 heavy (non-hydrogen) atoms. The van der Waals surface area contributed by atoms with Crippen LogP contribution in [0.4, 0.5) is 5.82 Å². The van der Waals surface area contributed by atoms with Crippen LogP contribution in [0.5, 0.6) is 0 Å². The van der Waals surface area contributed by atoms with Crippen molar-refractivity contribution in [1.82, 2.24) is 10.3 Å². The van der Waals surface area contributed by atoms with Crippen molar-refractivity contribution in [2.45, 2.75) is 25.3 Å². The van der Waals surface area contributed by atoms with Crippen molar-refractivity contribution in [2.24, 2.45) is 0 Å². The van der Waals surface area contributed by atoms with E-state index in [2.05, 4.69) is 47.5 Å². The Morgan fingerprint density at radius 2 is 2.12 bits per heavy atom. The first-order chi connectivity index (χ1) is 7.75. The first-order valence-electron chi connectivity index (χ1n) is 5.54. The van der Waals surface area contributed by atoms with E-state index < -0.39 is 0 Å². The molecule has 88 valence electrons. The topological polar surface area (TPSA) is 37.0 Å². The van der Waals surface area contributed by atoms with Crippen LogP contribution in [0.25, 0.3) is 0 Å². The van der Waals surface area contributed by atoms with E-state index >= 15 is 0 Å². The largest absolute Gasteiger partial charge is 0.369 e. The molecule has 0 atom stereocenters. The smallest absolute Gasteiger partial charge is 0.140 e. The molecule has 1 aliphatic rings. The molecule has 0 aliphatic heterocycles. The van der Waals surface area contributed by atoms with Crippen LogP contribution in [-0.4, -0.2) is 24.1 Å². The highest BCUT2D eigenvalue weighted by Crippen LogP contribution is 2.23. The predicted octanol–water partition coefficient (Wildman–Crippen LogP) is 3.16. The van der Waals surface area contributed by atoms with Crippen molar-refractivity contribution in [1.29, 1.82) is 0 Å². The van der Waals surface area contributed by atoms with Crippen molar-refractivity contribution in [3.63, 3.8) is 0 Å². The average molecular weight is 349 g/mol. The Kier molecular flexibility index (Phi) is 4.61. The summed E-state index contributed by atoms with van der Waals surface area (Å²) in [7, 11) is 0. The van der Waals surface area contributed by atoms with Gasteiger partial charge in [-0.3, -0.25) is 0 Å². The van der Waals surface area contributed by atoms with Crippen LogP contribution in [-0.2, 0) is 0 Å². The molecular weight excluding hydrogens is 334 g/mol. The number of halogens is 2. The van der Waals surface area contributed by atoms with Crippen molar-refractivity contribution < 1.29 is 0 Å². The van der Waals surface area contributed by atoms with Crippen molar-refractivity contribution in [3.8, 4) is 0 Å². The van der Waals surface area contributed by atoms with Gasteiger partial charge in [0.1, 0.15) is 5.82 Å². The molecular formula is C11H15Br2N3. The van der Waals surface area contributed by atoms with Crippen molar-refractivity contribution in [2.75, 3.05) is 18.4 Å². The summed E-state index contributed by atoms with van der Waals surface area (Å²) in [4.78, 5) is 4.30. The summed E-state index contributed by atoms with van der Waals surface area (Å²) in [6.45, 7) is 2.04. The summed E-state index contributed by atoms with van der Waals surface area (Å²) in [5.41, 5.74) is 0. The molecule has 2 N–H and O–H groups in total. The van der Waals surface area contributed by atoms with E-state index in [4.69, 9.17) is 0 Å². The van der Waals surface area contributed by atoms with Crippen LogP contribution in [0, 0.1) is 0 Å². The van der Waals surface area contributed by atoms with Gasteiger partial charge in [0.2, 0.25) is 0 Å². The molecule has 1 aromatic rings. The maximum atomic E-state index is 4.30. The normalized spacial score (nSPS) is 15.1.